The maximum absolute atomic E-state index is 10.3. The minimum atomic E-state index is -0.0109. The van der Waals surface area contributed by atoms with Crippen molar-refractivity contribution in [3.05, 3.63) is 0 Å². The van der Waals surface area contributed by atoms with Crippen LogP contribution in [0, 0.1) is 52.3 Å². The van der Waals surface area contributed by atoms with Gasteiger partial charge in [0.2, 0.25) is 0 Å². The van der Waals surface area contributed by atoms with E-state index < -0.39 is 0 Å². The highest BCUT2D eigenvalue weighted by Crippen LogP contribution is 2.70. The number of aliphatic hydroxyl groups is 1. The molecular formula is C27H45NO. The lowest BCUT2D eigenvalue weighted by molar-refractivity contribution is -0.129. The lowest BCUT2D eigenvalue weighted by Crippen LogP contribution is -2.54. The van der Waals surface area contributed by atoms with Crippen LogP contribution in [-0.2, 0) is 0 Å². The molecule has 0 unspecified atom stereocenters. The van der Waals surface area contributed by atoms with Crippen LogP contribution in [0.5, 0.6) is 0 Å². The van der Waals surface area contributed by atoms with E-state index in [4.69, 9.17) is 0 Å². The number of rotatable bonds is 0. The molecular weight excluding hydrogens is 354 g/mol. The largest absolute Gasteiger partial charge is 0.393 e. The van der Waals surface area contributed by atoms with Gasteiger partial charge < -0.3 is 5.11 Å². The Morgan fingerprint density at radius 2 is 1.59 bits per heavy atom. The van der Waals surface area contributed by atoms with Crippen LogP contribution in [-0.4, -0.2) is 34.7 Å². The minimum absolute atomic E-state index is 0.0109. The van der Waals surface area contributed by atoms with Crippen LogP contribution in [0.25, 0.3) is 0 Å². The van der Waals surface area contributed by atoms with Crippen LogP contribution >= 0.6 is 0 Å². The average molecular weight is 400 g/mol. The van der Waals surface area contributed by atoms with Crippen molar-refractivity contribution in [3.8, 4) is 0 Å². The molecule has 0 amide bonds. The standard InChI is InChI=1S/C27H45NO/c1-16-5-8-23-17(2)25-24(28(23)15-16)14-22-20-7-6-18-13-19(29)9-11-26(18,3)21(20)10-12-27(22,25)4/h16-25,29H,5-15H2,1-4H3/t16-,17-,18-,19-,20+,21-,22-,23-,24-,25-,26-,27-/m0/s1. The van der Waals surface area contributed by atoms with E-state index in [2.05, 4.69) is 32.6 Å². The van der Waals surface area contributed by atoms with Gasteiger partial charge in [0.1, 0.15) is 0 Å². The van der Waals surface area contributed by atoms with Gasteiger partial charge in [-0.3, -0.25) is 4.90 Å². The highest BCUT2D eigenvalue weighted by atomic mass is 16.3. The molecule has 12 atom stereocenters. The van der Waals surface area contributed by atoms with Gasteiger partial charge in [0.15, 0.2) is 0 Å². The molecule has 29 heavy (non-hydrogen) atoms. The Morgan fingerprint density at radius 1 is 0.793 bits per heavy atom. The van der Waals surface area contributed by atoms with Gasteiger partial charge in [-0.05, 0) is 116 Å². The van der Waals surface area contributed by atoms with Gasteiger partial charge in [-0.2, -0.15) is 0 Å². The van der Waals surface area contributed by atoms with E-state index in [1.807, 2.05) is 0 Å². The number of piperidine rings is 1. The zero-order chi connectivity index (χ0) is 20.1. The molecule has 4 aliphatic carbocycles. The second-order valence-electron chi connectivity index (χ2n) is 13.3. The van der Waals surface area contributed by atoms with Gasteiger partial charge >= 0.3 is 0 Å². The first kappa shape index (κ1) is 19.6. The summed E-state index contributed by atoms with van der Waals surface area (Å²) in [5.74, 6) is 6.47. The fraction of sp³-hybridized carbons (Fsp3) is 1.00. The summed E-state index contributed by atoms with van der Waals surface area (Å²) in [7, 11) is 0. The summed E-state index contributed by atoms with van der Waals surface area (Å²) in [6.45, 7) is 11.9. The van der Waals surface area contributed by atoms with E-state index in [1.165, 1.54) is 57.9 Å². The van der Waals surface area contributed by atoms with Crippen LogP contribution in [0.2, 0.25) is 0 Å². The topological polar surface area (TPSA) is 23.5 Å². The summed E-state index contributed by atoms with van der Waals surface area (Å²) in [4.78, 5) is 3.03. The molecule has 0 radical (unpaired) electrons. The zero-order valence-corrected chi connectivity index (χ0v) is 19.4. The first-order valence-electron chi connectivity index (χ1n) is 13.3. The number of nitrogens with zero attached hydrogens (tertiary/aromatic N) is 1. The van der Waals surface area contributed by atoms with Crippen LogP contribution in [0.15, 0.2) is 0 Å². The molecule has 0 aromatic heterocycles. The van der Waals surface area contributed by atoms with Gasteiger partial charge in [0, 0.05) is 18.6 Å². The summed E-state index contributed by atoms with van der Waals surface area (Å²) >= 11 is 0. The molecule has 2 nitrogen and oxygen atoms in total. The Kier molecular flexibility index (Phi) is 4.37. The fourth-order valence-electron chi connectivity index (χ4n) is 11.0. The van der Waals surface area contributed by atoms with E-state index in [0.717, 1.165) is 66.4 Å². The number of hydrogen-bond acceptors (Lipinski definition) is 2. The van der Waals surface area contributed by atoms with Crippen molar-refractivity contribution in [1.29, 1.82) is 0 Å². The number of fused-ring (bicyclic) bond motifs is 9. The highest BCUT2D eigenvalue weighted by Gasteiger charge is 2.66. The second-order valence-corrected chi connectivity index (χ2v) is 13.3. The summed E-state index contributed by atoms with van der Waals surface area (Å²) in [5, 5.41) is 10.3. The predicted octanol–water partition coefficient (Wildman–Crippen LogP) is 5.73. The third-order valence-corrected chi connectivity index (χ3v) is 12.3. The molecule has 1 N–H and O–H groups in total. The quantitative estimate of drug-likeness (QED) is 0.562. The number of aliphatic hydroxyl groups excluding tert-OH is 1. The van der Waals surface area contributed by atoms with Crippen molar-refractivity contribution in [2.75, 3.05) is 6.54 Å². The Labute approximate surface area is 179 Å². The molecule has 6 fully saturated rings. The summed E-state index contributed by atoms with van der Waals surface area (Å²) in [5.41, 5.74) is 1.12. The van der Waals surface area contributed by atoms with E-state index in [9.17, 15) is 5.11 Å². The van der Waals surface area contributed by atoms with Crippen molar-refractivity contribution >= 4 is 0 Å². The summed E-state index contributed by atoms with van der Waals surface area (Å²) in [6.07, 6.45) is 13.7. The highest BCUT2D eigenvalue weighted by molar-refractivity contribution is 5.17. The van der Waals surface area contributed by atoms with Gasteiger partial charge in [-0.15, -0.1) is 0 Å². The van der Waals surface area contributed by atoms with Gasteiger partial charge in [0.25, 0.3) is 0 Å². The molecule has 2 saturated heterocycles. The lowest BCUT2D eigenvalue weighted by Gasteiger charge is -2.61. The van der Waals surface area contributed by atoms with E-state index in [0.29, 0.717) is 10.8 Å². The third-order valence-electron chi connectivity index (χ3n) is 12.3. The first-order valence-corrected chi connectivity index (χ1v) is 13.3. The molecule has 0 aromatic carbocycles. The predicted molar refractivity (Wildman–Crippen MR) is 118 cm³/mol. The molecule has 164 valence electrons. The molecule has 4 saturated carbocycles. The van der Waals surface area contributed by atoms with Gasteiger partial charge in [-0.25, -0.2) is 0 Å². The number of hydrogen-bond donors (Lipinski definition) is 1. The maximum atomic E-state index is 10.3. The zero-order valence-electron chi connectivity index (χ0n) is 19.4. The first-order chi connectivity index (χ1) is 13.8. The van der Waals surface area contributed by atoms with Crippen LogP contribution in [0.4, 0.5) is 0 Å². The molecule has 2 heteroatoms. The minimum Gasteiger partial charge on any atom is -0.393 e. The maximum Gasteiger partial charge on any atom is 0.0543 e. The molecule has 0 spiro atoms. The van der Waals surface area contributed by atoms with Crippen LogP contribution in [0.1, 0.15) is 91.9 Å². The molecule has 6 aliphatic rings. The molecule has 2 aliphatic heterocycles. The van der Waals surface area contributed by atoms with Crippen LogP contribution in [0.3, 0.4) is 0 Å². The van der Waals surface area contributed by atoms with E-state index in [-0.39, 0.29) is 6.10 Å². The molecule has 0 bridgehead atoms. The lowest BCUT2D eigenvalue weighted by atomic mass is 9.44. The summed E-state index contributed by atoms with van der Waals surface area (Å²) in [6, 6.07) is 1.79. The Bertz CT molecular complexity index is 663. The SMILES string of the molecule is C[C@H]1CC[C@H]2[C@H](C)[C@H]3[C@H](C[C@H]4[C@@H]5CC[C@H]6C[C@@H](O)CC[C@]6(C)[C@H]5CC[C@]34C)N2C1. The van der Waals surface area contributed by atoms with Crippen LogP contribution < -0.4 is 0 Å². The van der Waals surface area contributed by atoms with Crippen molar-refractivity contribution in [2.45, 2.75) is 110 Å². The van der Waals surface area contributed by atoms with Gasteiger partial charge in [-0.1, -0.05) is 27.7 Å². The fourth-order valence-corrected chi connectivity index (χ4v) is 11.0. The second kappa shape index (κ2) is 6.47. The monoisotopic (exact) mass is 399 g/mol. The molecule has 2 heterocycles. The normalized spacial score (nSPS) is 62.0. The Morgan fingerprint density at radius 3 is 2.41 bits per heavy atom. The average Bonchev–Trinajstić information content (AvgIpc) is 3.15. The summed E-state index contributed by atoms with van der Waals surface area (Å²) < 4.78 is 0. The smallest absolute Gasteiger partial charge is 0.0543 e. The van der Waals surface area contributed by atoms with Crippen molar-refractivity contribution in [1.82, 2.24) is 4.90 Å². The van der Waals surface area contributed by atoms with Crippen molar-refractivity contribution in [2.24, 2.45) is 52.3 Å². The Hall–Kier alpha value is -0.0800. The van der Waals surface area contributed by atoms with Crippen molar-refractivity contribution < 1.29 is 5.11 Å². The van der Waals surface area contributed by atoms with E-state index in [1.54, 1.807) is 0 Å². The Balaban J connectivity index is 1.30. The van der Waals surface area contributed by atoms with Gasteiger partial charge in [0.05, 0.1) is 6.10 Å². The molecule has 6 rings (SSSR count). The van der Waals surface area contributed by atoms with E-state index >= 15 is 0 Å². The molecule has 0 aromatic rings. The third kappa shape index (κ3) is 2.54. The van der Waals surface area contributed by atoms with Crippen molar-refractivity contribution in [3.63, 3.8) is 0 Å².